The van der Waals surface area contributed by atoms with Crippen LogP contribution in [0.2, 0.25) is 0 Å². The maximum Gasteiger partial charge on any atom is 0.217 e. The molecule has 0 aromatic rings. The van der Waals surface area contributed by atoms with Crippen molar-refractivity contribution in [2.24, 2.45) is 0 Å². The maximum atomic E-state index is 11.9. The first-order chi connectivity index (χ1) is 22.7. The Morgan fingerprint density at radius 3 is 1.69 bits per heavy atom. The molecule has 0 aromatic carbocycles. The molecule has 0 radical (unpaired) electrons. The summed E-state index contributed by atoms with van der Waals surface area (Å²) in [6, 6.07) is -1.52. The van der Waals surface area contributed by atoms with Gasteiger partial charge in [0.1, 0.15) is 97.6 Å². The molecule has 48 heavy (non-hydrogen) atoms. The van der Waals surface area contributed by atoms with Crippen molar-refractivity contribution in [3.05, 3.63) is 0 Å². The zero-order chi connectivity index (χ0) is 35.6. The topological polar surface area (TPSA) is 357 Å². The summed E-state index contributed by atoms with van der Waals surface area (Å²) in [6.45, 7) is -2.43. The number of nitrogens with one attached hydrogen (secondary N) is 1. The van der Waals surface area contributed by atoms with Crippen LogP contribution >= 0.6 is 0 Å². The molecule has 4 fully saturated rings. The highest BCUT2D eigenvalue weighted by atomic mass is 16.8. The van der Waals surface area contributed by atoms with E-state index in [1.807, 2.05) is 0 Å². The summed E-state index contributed by atoms with van der Waals surface area (Å²) < 4.78 is 39.1. The van der Waals surface area contributed by atoms with Gasteiger partial charge in [0.05, 0.1) is 26.4 Å². The van der Waals surface area contributed by atoms with Gasteiger partial charge < -0.3 is 105 Å². The van der Waals surface area contributed by atoms with Gasteiger partial charge in [-0.3, -0.25) is 4.79 Å². The number of rotatable bonds is 13. The largest absolute Gasteiger partial charge is 0.394 e. The Labute approximate surface area is 272 Å². The van der Waals surface area contributed by atoms with E-state index in [2.05, 4.69) is 5.32 Å². The van der Waals surface area contributed by atoms with Crippen LogP contribution in [0.4, 0.5) is 0 Å². The summed E-state index contributed by atoms with van der Waals surface area (Å²) in [7, 11) is 0. The van der Waals surface area contributed by atoms with Crippen LogP contribution in [0.5, 0.6) is 0 Å². The molecule has 22 heteroatoms. The molecule has 1 amide bonds. The fourth-order valence-electron chi connectivity index (χ4n) is 5.95. The van der Waals surface area contributed by atoms with Crippen LogP contribution in [-0.2, 0) is 38.0 Å². The summed E-state index contributed by atoms with van der Waals surface area (Å²) in [5.41, 5.74) is 0. The van der Waals surface area contributed by atoms with E-state index in [1.54, 1.807) is 0 Å². The van der Waals surface area contributed by atoms with Crippen molar-refractivity contribution in [1.29, 1.82) is 0 Å². The van der Waals surface area contributed by atoms with Gasteiger partial charge in [-0.1, -0.05) is 0 Å². The number of hydrogen-bond donors (Lipinski definition) is 14. The fraction of sp³-hybridized carbons (Fsp3) is 0.962. The van der Waals surface area contributed by atoms with E-state index in [9.17, 15) is 71.2 Å². The molecular weight excluding hydrogens is 662 g/mol. The van der Waals surface area contributed by atoms with E-state index in [0.717, 1.165) is 6.92 Å². The first-order valence-corrected chi connectivity index (χ1v) is 15.1. The third kappa shape index (κ3) is 8.08. The average molecular weight is 708 g/mol. The Hall–Kier alpha value is -1.33. The molecule has 14 N–H and O–H groups in total. The molecule has 0 aromatic heterocycles. The van der Waals surface area contributed by atoms with E-state index in [4.69, 9.17) is 33.2 Å². The minimum atomic E-state index is -2.07. The Bertz CT molecular complexity index is 1030. The van der Waals surface area contributed by atoms with Gasteiger partial charge in [-0.15, -0.1) is 0 Å². The first kappa shape index (κ1) is 39.5. The van der Waals surface area contributed by atoms with E-state index >= 15 is 0 Å². The van der Waals surface area contributed by atoms with Crippen LogP contribution in [0.25, 0.3) is 0 Å². The predicted octanol–water partition coefficient (Wildman–Crippen LogP) is -9.61. The lowest BCUT2D eigenvalue weighted by atomic mass is 9.96. The van der Waals surface area contributed by atoms with Gasteiger partial charge in [0.25, 0.3) is 0 Å². The van der Waals surface area contributed by atoms with Gasteiger partial charge >= 0.3 is 0 Å². The average Bonchev–Trinajstić information content (AvgIpc) is 3.52. The van der Waals surface area contributed by atoms with Gasteiger partial charge in [0.2, 0.25) is 5.91 Å². The van der Waals surface area contributed by atoms with Crippen molar-refractivity contribution in [2.75, 3.05) is 26.4 Å². The predicted molar refractivity (Wildman–Crippen MR) is 145 cm³/mol. The van der Waals surface area contributed by atoms with Crippen LogP contribution in [0, 0.1) is 0 Å². The normalized spacial score (nSPS) is 48.0. The lowest BCUT2D eigenvalue weighted by Gasteiger charge is -2.45. The third-order valence-electron chi connectivity index (χ3n) is 8.56. The molecule has 280 valence electrons. The molecule has 20 atom stereocenters. The Kier molecular flexibility index (Phi) is 13.8. The summed E-state index contributed by atoms with van der Waals surface area (Å²) in [5, 5.41) is 136. The second-order valence-corrected chi connectivity index (χ2v) is 11.9. The highest BCUT2D eigenvalue weighted by Crippen LogP contribution is 2.36. The minimum Gasteiger partial charge on any atom is -0.394 e. The SMILES string of the molecule is CC(=O)N[C@H]1[C@@H](O[C@H]2[C@@H](O[C@@H]3[C@@H](O[C@@H]4O[C@@H]([C@H](O)CO)[C@H](O)[C@H]4O)[C@@H](O)[C@@H](CO)O[C@H]3O)O[C@@H]([C@H](O)CO)[C@@H]2O)O[C@H](CO)[C@@H](O)[C@@H]1O. The zero-order valence-electron chi connectivity index (χ0n) is 25.5. The molecule has 4 heterocycles. The molecule has 0 spiro atoms. The van der Waals surface area contributed by atoms with Crippen molar-refractivity contribution < 1.29 is 104 Å². The lowest BCUT2D eigenvalue weighted by molar-refractivity contribution is -0.360. The molecule has 4 saturated heterocycles. The molecule has 22 nitrogen and oxygen atoms in total. The molecule has 4 aliphatic heterocycles. The molecule has 4 rings (SSSR count). The molecule has 0 unspecified atom stereocenters. The standard InChI is InChI=1S/C26H45NO21/c1-6(32)27-11-14(37)12(35)9(4-30)43-24(11)47-21-17(40)19(8(34)3-29)45-26(21)48-22-20(13(36)10(5-31)42-23(22)41)46-25-16(39)15(38)18(44-25)7(33)2-28/h7-26,28-31,33-41H,2-5H2,1H3,(H,27,32)/t7-,8-,9-,10-,11-,12-,13+,14-,15-,16-,17+,18+,19+,20+,21-,22-,23-,24-,25+,26-/m1/s1. The molecular formula is C26H45NO21. The van der Waals surface area contributed by atoms with Crippen molar-refractivity contribution in [1.82, 2.24) is 5.32 Å². The molecule has 0 saturated carbocycles. The Morgan fingerprint density at radius 2 is 1.12 bits per heavy atom. The smallest absolute Gasteiger partial charge is 0.217 e. The fourth-order valence-corrected chi connectivity index (χ4v) is 5.95. The van der Waals surface area contributed by atoms with E-state index in [-0.39, 0.29) is 0 Å². The van der Waals surface area contributed by atoms with Gasteiger partial charge in [-0.2, -0.15) is 0 Å². The Balaban J connectivity index is 1.63. The number of aliphatic hydroxyl groups is 13. The third-order valence-corrected chi connectivity index (χ3v) is 8.56. The van der Waals surface area contributed by atoms with Crippen LogP contribution in [0.1, 0.15) is 6.92 Å². The summed E-state index contributed by atoms with van der Waals surface area (Å²) in [5.74, 6) is -0.708. The highest BCUT2D eigenvalue weighted by Gasteiger charge is 2.57. The van der Waals surface area contributed by atoms with Crippen molar-refractivity contribution in [3.8, 4) is 0 Å². The second-order valence-electron chi connectivity index (χ2n) is 11.9. The van der Waals surface area contributed by atoms with Gasteiger partial charge in [0.15, 0.2) is 25.2 Å². The van der Waals surface area contributed by atoms with Crippen LogP contribution in [-0.4, -0.2) is 221 Å². The van der Waals surface area contributed by atoms with E-state index in [1.165, 1.54) is 0 Å². The number of carbonyl (C=O) groups excluding carboxylic acids is 1. The number of ether oxygens (including phenoxy) is 7. The van der Waals surface area contributed by atoms with Gasteiger partial charge in [-0.25, -0.2) is 0 Å². The number of carbonyl (C=O) groups is 1. The van der Waals surface area contributed by atoms with Gasteiger partial charge in [0, 0.05) is 6.92 Å². The number of amides is 1. The summed E-state index contributed by atoms with van der Waals surface area (Å²) in [6.07, 6.45) is -33.6. The molecule has 0 aliphatic carbocycles. The van der Waals surface area contributed by atoms with E-state index < -0.39 is 155 Å². The number of hydrogen-bond acceptors (Lipinski definition) is 21. The summed E-state index contributed by atoms with van der Waals surface area (Å²) in [4.78, 5) is 11.9. The van der Waals surface area contributed by atoms with Crippen molar-refractivity contribution >= 4 is 5.91 Å². The zero-order valence-corrected chi connectivity index (χ0v) is 25.5. The second kappa shape index (κ2) is 16.8. The van der Waals surface area contributed by atoms with Crippen LogP contribution in [0.15, 0.2) is 0 Å². The quantitative estimate of drug-likeness (QED) is 0.0844. The van der Waals surface area contributed by atoms with Crippen LogP contribution < -0.4 is 5.32 Å². The monoisotopic (exact) mass is 707 g/mol. The first-order valence-electron chi connectivity index (χ1n) is 15.1. The van der Waals surface area contributed by atoms with Gasteiger partial charge in [-0.05, 0) is 0 Å². The number of aliphatic hydroxyl groups excluding tert-OH is 13. The lowest BCUT2D eigenvalue weighted by Crippen LogP contribution is -2.66. The summed E-state index contributed by atoms with van der Waals surface area (Å²) >= 11 is 0. The molecule has 0 bridgehead atoms. The minimum absolute atomic E-state index is 0.708. The molecule has 4 aliphatic rings. The van der Waals surface area contributed by atoms with Crippen LogP contribution in [0.3, 0.4) is 0 Å². The highest BCUT2D eigenvalue weighted by molar-refractivity contribution is 5.73. The Morgan fingerprint density at radius 1 is 0.604 bits per heavy atom. The van der Waals surface area contributed by atoms with Crippen molar-refractivity contribution in [2.45, 2.75) is 130 Å². The van der Waals surface area contributed by atoms with Crippen molar-refractivity contribution in [3.63, 3.8) is 0 Å². The van der Waals surface area contributed by atoms with E-state index in [0.29, 0.717) is 0 Å². The maximum absolute atomic E-state index is 11.9.